The molecule has 0 aliphatic rings. The summed E-state index contributed by atoms with van der Waals surface area (Å²) in [5.74, 6) is 0. The second kappa shape index (κ2) is 8.55. The first-order valence-corrected chi connectivity index (χ1v) is 13.7. The molecule has 190 valence electrons. The highest BCUT2D eigenvalue weighted by Gasteiger charge is 2.20. The maximum absolute atomic E-state index is 8.72. The lowest BCUT2D eigenvalue weighted by Crippen LogP contribution is -1.88. The van der Waals surface area contributed by atoms with E-state index in [1.54, 1.807) is 0 Å². The second-order valence-electron chi connectivity index (χ2n) is 10.5. The summed E-state index contributed by atoms with van der Waals surface area (Å²) in [6.45, 7) is 0. The van der Waals surface area contributed by atoms with E-state index in [-0.39, 0.29) is 29.7 Å². The molecule has 0 fully saturated rings. The van der Waals surface area contributed by atoms with Gasteiger partial charge in [0.2, 0.25) is 0 Å². The van der Waals surface area contributed by atoms with Crippen LogP contribution in [0.2, 0.25) is 0 Å². The summed E-state index contributed by atoms with van der Waals surface area (Å²) in [6.07, 6.45) is 0. The fraction of sp³-hybridized carbons (Fsp3) is 0. The van der Waals surface area contributed by atoms with Gasteiger partial charge in [0.05, 0.1) is 6.85 Å². The molecule has 1 heterocycles. The predicted molar refractivity (Wildman–Crippen MR) is 175 cm³/mol. The number of hydrogen-bond acceptors (Lipinski definition) is 1. The zero-order valence-corrected chi connectivity index (χ0v) is 21.9. The molecular formula is C40H24O. The van der Waals surface area contributed by atoms with Crippen LogP contribution in [0.3, 0.4) is 0 Å². The van der Waals surface area contributed by atoms with Crippen LogP contribution < -0.4 is 0 Å². The Kier molecular flexibility index (Phi) is 3.76. The molecule has 0 atom stereocenters. The van der Waals surface area contributed by atoms with Gasteiger partial charge in [0.15, 0.2) is 0 Å². The van der Waals surface area contributed by atoms with Gasteiger partial charge >= 0.3 is 0 Å². The highest BCUT2D eigenvalue weighted by atomic mass is 16.3. The first kappa shape index (κ1) is 18.0. The van der Waals surface area contributed by atoms with Crippen molar-refractivity contribution >= 4 is 65.0 Å². The Morgan fingerprint density at radius 3 is 2.07 bits per heavy atom. The van der Waals surface area contributed by atoms with Crippen LogP contribution in [-0.2, 0) is 0 Å². The third kappa shape index (κ3) is 3.24. The van der Waals surface area contributed by atoms with Crippen LogP contribution in [0.4, 0.5) is 0 Å². The number of benzene rings is 8. The Bertz CT molecular complexity index is 2730. The third-order valence-corrected chi connectivity index (χ3v) is 8.31. The van der Waals surface area contributed by atoms with Crippen molar-refractivity contribution in [1.29, 1.82) is 0 Å². The zero-order valence-electron chi connectivity index (χ0n) is 26.9. The molecule has 0 saturated carbocycles. The Labute approximate surface area is 243 Å². The number of rotatable bonds is 2. The van der Waals surface area contributed by atoms with Crippen LogP contribution in [0.25, 0.3) is 87.3 Å². The Hall–Kier alpha value is -5.40. The van der Waals surface area contributed by atoms with Gasteiger partial charge in [-0.2, -0.15) is 0 Å². The fourth-order valence-corrected chi connectivity index (χ4v) is 6.56. The molecule has 0 aliphatic heterocycles. The van der Waals surface area contributed by atoms with Gasteiger partial charge in [0.1, 0.15) is 11.2 Å². The smallest absolute Gasteiger partial charge is 0.143 e. The van der Waals surface area contributed by atoms with E-state index in [2.05, 4.69) is 78.9 Å². The summed E-state index contributed by atoms with van der Waals surface area (Å²) in [5, 5.41) is 10.5. The first-order chi connectivity index (χ1) is 22.4. The molecule has 0 unspecified atom stereocenters. The number of furan rings is 1. The molecule has 9 rings (SSSR count). The summed E-state index contributed by atoms with van der Waals surface area (Å²) in [4.78, 5) is 0. The van der Waals surface area contributed by atoms with Crippen LogP contribution >= 0.6 is 0 Å². The van der Waals surface area contributed by atoms with Crippen molar-refractivity contribution in [3.8, 4) is 22.3 Å². The third-order valence-electron chi connectivity index (χ3n) is 8.31. The maximum Gasteiger partial charge on any atom is 0.143 e. The van der Waals surface area contributed by atoms with Gasteiger partial charge in [-0.25, -0.2) is 0 Å². The Morgan fingerprint density at radius 1 is 0.463 bits per heavy atom. The number of fused-ring (bicyclic) bond motifs is 9. The topological polar surface area (TPSA) is 13.1 Å². The Balaban J connectivity index is 1.43. The van der Waals surface area contributed by atoms with E-state index in [1.807, 2.05) is 36.4 Å². The first-order valence-electron chi connectivity index (χ1n) is 16.2. The fourth-order valence-electron chi connectivity index (χ4n) is 6.56. The largest absolute Gasteiger partial charge is 0.455 e. The lowest BCUT2D eigenvalue weighted by Gasteiger charge is -2.15. The van der Waals surface area contributed by atoms with E-state index in [9.17, 15) is 0 Å². The van der Waals surface area contributed by atoms with Crippen molar-refractivity contribution in [2.75, 3.05) is 0 Å². The van der Waals surface area contributed by atoms with E-state index in [1.165, 1.54) is 16.2 Å². The van der Waals surface area contributed by atoms with Gasteiger partial charge in [0.25, 0.3) is 0 Å². The van der Waals surface area contributed by atoms with Crippen LogP contribution in [0.5, 0.6) is 0 Å². The predicted octanol–water partition coefficient (Wildman–Crippen LogP) is 11.5. The standard InChI is InChI=1S/C40H24O/c1-2-10-25(11-3-1)30-17-8-14-27-21-23-34-39-33(18-9-19-36(39)41-40(34)37(27)30)38-31-16-7-5-13-28(31)24-35-29-15-6-4-12-26(29)20-22-32(35)38/h1-24H/i1D,2D,3D,10D,11D. The summed E-state index contributed by atoms with van der Waals surface area (Å²) < 4.78 is 48.9. The van der Waals surface area contributed by atoms with Gasteiger partial charge in [0, 0.05) is 16.2 Å². The van der Waals surface area contributed by atoms with E-state index in [0.717, 1.165) is 54.4 Å². The van der Waals surface area contributed by atoms with Gasteiger partial charge in [-0.15, -0.1) is 0 Å². The second-order valence-corrected chi connectivity index (χ2v) is 10.5. The van der Waals surface area contributed by atoms with Gasteiger partial charge in [-0.05, 0) is 78.2 Å². The van der Waals surface area contributed by atoms with Crippen LogP contribution in [0, 0.1) is 0 Å². The summed E-state index contributed by atoms with van der Waals surface area (Å²) >= 11 is 0. The molecule has 0 N–H and O–H groups in total. The molecular weight excluding hydrogens is 496 g/mol. The lowest BCUT2D eigenvalue weighted by molar-refractivity contribution is 0.673. The van der Waals surface area contributed by atoms with Crippen molar-refractivity contribution in [1.82, 2.24) is 0 Å². The van der Waals surface area contributed by atoms with E-state index in [4.69, 9.17) is 11.3 Å². The minimum Gasteiger partial charge on any atom is -0.455 e. The quantitative estimate of drug-likeness (QED) is 0.162. The van der Waals surface area contributed by atoms with Crippen molar-refractivity contribution < 1.29 is 11.3 Å². The molecule has 9 aromatic rings. The molecule has 0 radical (unpaired) electrons. The Morgan fingerprint density at radius 2 is 1.17 bits per heavy atom. The van der Waals surface area contributed by atoms with E-state index < -0.39 is 6.04 Å². The molecule has 1 aromatic heterocycles. The highest BCUT2D eigenvalue weighted by molar-refractivity contribution is 6.27. The summed E-state index contributed by atoms with van der Waals surface area (Å²) in [6, 6.07) is 37.9. The maximum atomic E-state index is 8.72. The molecule has 41 heavy (non-hydrogen) atoms. The highest BCUT2D eigenvalue weighted by Crippen LogP contribution is 2.46. The van der Waals surface area contributed by atoms with Gasteiger partial charge in [-0.3, -0.25) is 0 Å². The molecule has 1 heteroatoms. The normalized spacial score (nSPS) is 13.6. The van der Waals surface area contributed by atoms with Crippen molar-refractivity contribution in [2.24, 2.45) is 0 Å². The van der Waals surface area contributed by atoms with Gasteiger partial charge in [-0.1, -0.05) is 127 Å². The summed E-state index contributed by atoms with van der Waals surface area (Å²) in [5.41, 5.74) is 4.23. The van der Waals surface area contributed by atoms with Crippen molar-refractivity contribution in [3.63, 3.8) is 0 Å². The molecule has 0 bridgehead atoms. The van der Waals surface area contributed by atoms with Crippen LogP contribution in [0.15, 0.2) is 150 Å². The van der Waals surface area contributed by atoms with E-state index >= 15 is 0 Å². The molecule has 0 amide bonds. The number of hydrogen-bond donors (Lipinski definition) is 0. The lowest BCUT2D eigenvalue weighted by atomic mass is 9.88. The summed E-state index contributed by atoms with van der Waals surface area (Å²) in [7, 11) is 0. The van der Waals surface area contributed by atoms with E-state index in [0.29, 0.717) is 11.1 Å². The van der Waals surface area contributed by atoms with Crippen LogP contribution in [-0.4, -0.2) is 0 Å². The van der Waals surface area contributed by atoms with Crippen molar-refractivity contribution in [2.45, 2.75) is 0 Å². The average molecular weight is 526 g/mol. The molecule has 0 saturated heterocycles. The minimum atomic E-state index is -0.410. The molecule has 8 aromatic carbocycles. The minimum absolute atomic E-state index is 0.164. The SMILES string of the molecule is [2H]c1c([2H])c([2H])c(-c2cccc3ccc4c(oc5cccc(-c6c7ccccc7cc7c6ccc6ccccc67)c54)c23)c([2H])c1[2H]. The molecule has 0 spiro atoms. The van der Waals surface area contributed by atoms with Crippen molar-refractivity contribution in [3.05, 3.63) is 145 Å². The molecule has 0 aliphatic carbocycles. The monoisotopic (exact) mass is 525 g/mol. The zero-order chi connectivity index (χ0) is 31.3. The van der Waals surface area contributed by atoms with Crippen LogP contribution in [0.1, 0.15) is 6.85 Å². The molecule has 1 nitrogen and oxygen atoms in total. The van der Waals surface area contributed by atoms with Gasteiger partial charge < -0.3 is 4.42 Å². The average Bonchev–Trinajstić information content (AvgIpc) is 3.48.